The number of carbonyl (C=O) groups is 1. The van der Waals surface area contributed by atoms with Crippen LogP contribution in [0.2, 0.25) is 0 Å². The summed E-state index contributed by atoms with van der Waals surface area (Å²) in [5, 5.41) is 9.03. The third-order valence-corrected chi connectivity index (χ3v) is 3.85. The molecule has 2 aliphatic heterocycles. The van der Waals surface area contributed by atoms with Gasteiger partial charge in [-0.15, -0.1) is 0 Å². The van der Waals surface area contributed by atoms with Crippen molar-refractivity contribution in [3.8, 4) is 0 Å². The number of hydrogen-bond acceptors (Lipinski definition) is 3. The molecular weight excluding hydrogens is 230 g/mol. The maximum absolute atomic E-state index is 11.0. The molecule has 0 saturated carbocycles. The number of rotatable bonds is 2. The molecule has 2 atom stereocenters. The van der Waals surface area contributed by atoms with Crippen LogP contribution in [0.1, 0.15) is 28.8 Å². The van der Waals surface area contributed by atoms with Gasteiger partial charge in [0.15, 0.2) is 0 Å². The average molecular weight is 247 g/mol. The first-order chi connectivity index (χ1) is 8.63. The van der Waals surface area contributed by atoms with Gasteiger partial charge in [0.25, 0.3) is 0 Å². The number of carboxylic acids is 1. The molecule has 2 unspecified atom stereocenters. The van der Waals surface area contributed by atoms with E-state index in [1.54, 1.807) is 6.07 Å². The number of ether oxygens (including phenoxy) is 1. The predicted molar refractivity (Wildman–Crippen MR) is 68.2 cm³/mol. The summed E-state index contributed by atoms with van der Waals surface area (Å²) in [5.74, 6) is -0.860. The van der Waals surface area contributed by atoms with Gasteiger partial charge in [-0.05, 0) is 43.5 Å². The molecule has 4 nitrogen and oxygen atoms in total. The van der Waals surface area contributed by atoms with E-state index in [2.05, 4.69) is 4.90 Å². The topological polar surface area (TPSA) is 49.8 Å². The second-order valence-electron chi connectivity index (χ2n) is 5.17. The summed E-state index contributed by atoms with van der Waals surface area (Å²) in [6, 6.07) is 5.57. The Labute approximate surface area is 106 Å². The zero-order valence-corrected chi connectivity index (χ0v) is 10.4. The molecule has 0 aliphatic carbocycles. The van der Waals surface area contributed by atoms with Crippen LogP contribution in [0.5, 0.6) is 0 Å². The van der Waals surface area contributed by atoms with Gasteiger partial charge in [-0.25, -0.2) is 4.79 Å². The lowest BCUT2D eigenvalue weighted by Gasteiger charge is -2.34. The number of benzene rings is 1. The van der Waals surface area contributed by atoms with Gasteiger partial charge in [-0.3, -0.25) is 0 Å². The summed E-state index contributed by atoms with van der Waals surface area (Å²) in [5.41, 5.74) is 2.31. The fourth-order valence-corrected chi connectivity index (χ4v) is 2.91. The Morgan fingerprint density at radius 2 is 2.00 bits per heavy atom. The van der Waals surface area contributed by atoms with Crippen molar-refractivity contribution in [2.45, 2.75) is 32.0 Å². The summed E-state index contributed by atoms with van der Waals surface area (Å²) >= 11 is 0. The van der Waals surface area contributed by atoms with E-state index >= 15 is 0 Å². The molecule has 96 valence electrons. The number of aryl methyl sites for hydroxylation is 1. The van der Waals surface area contributed by atoms with Crippen LogP contribution in [0.3, 0.4) is 0 Å². The Morgan fingerprint density at radius 1 is 1.33 bits per heavy atom. The molecule has 2 aliphatic rings. The zero-order valence-electron chi connectivity index (χ0n) is 10.4. The van der Waals surface area contributed by atoms with E-state index in [-0.39, 0.29) is 0 Å². The van der Waals surface area contributed by atoms with Gasteiger partial charge in [-0.2, -0.15) is 0 Å². The maximum atomic E-state index is 11.0. The van der Waals surface area contributed by atoms with E-state index in [0.717, 1.165) is 37.2 Å². The van der Waals surface area contributed by atoms with E-state index < -0.39 is 5.97 Å². The Morgan fingerprint density at radius 3 is 2.56 bits per heavy atom. The van der Waals surface area contributed by atoms with Crippen molar-refractivity contribution >= 4 is 11.7 Å². The van der Waals surface area contributed by atoms with Crippen molar-refractivity contribution in [3.63, 3.8) is 0 Å². The molecule has 18 heavy (non-hydrogen) atoms. The quantitative estimate of drug-likeness (QED) is 0.869. The van der Waals surface area contributed by atoms with E-state index in [9.17, 15) is 4.79 Å². The van der Waals surface area contributed by atoms with Crippen molar-refractivity contribution in [1.82, 2.24) is 0 Å². The number of hydrogen-bond donors (Lipinski definition) is 1. The lowest BCUT2D eigenvalue weighted by Crippen LogP contribution is -2.42. The number of carboxylic acid groups (broad SMARTS) is 1. The molecule has 2 fully saturated rings. The lowest BCUT2D eigenvalue weighted by molar-refractivity contribution is 0.0305. The lowest BCUT2D eigenvalue weighted by atomic mass is 10.1. The van der Waals surface area contributed by atoms with Gasteiger partial charge in [0, 0.05) is 18.8 Å². The molecular formula is C14H17NO3. The molecule has 3 rings (SSSR count). The van der Waals surface area contributed by atoms with Crippen molar-refractivity contribution < 1.29 is 14.6 Å². The molecule has 2 heterocycles. The van der Waals surface area contributed by atoms with Crippen molar-refractivity contribution in [2.24, 2.45) is 0 Å². The van der Waals surface area contributed by atoms with Gasteiger partial charge in [-0.1, -0.05) is 0 Å². The average Bonchev–Trinajstić information content (AvgIpc) is 2.67. The van der Waals surface area contributed by atoms with Crippen LogP contribution in [0, 0.1) is 6.92 Å². The van der Waals surface area contributed by atoms with E-state index in [1.165, 1.54) is 0 Å². The first-order valence-corrected chi connectivity index (χ1v) is 6.38. The van der Waals surface area contributed by atoms with Gasteiger partial charge < -0.3 is 14.7 Å². The summed E-state index contributed by atoms with van der Waals surface area (Å²) in [7, 11) is 0. The van der Waals surface area contributed by atoms with Gasteiger partial charge in [0.1, 0.15) is 0 Å². The Bertz CT molecular complexity index is 474. The van der Waals surface area contributed by atoms with Crippen LogP contribution < -0.4 is 4.90 Å². The predicted octanol–water partition coefficient (Wildman–Crippen LogP) is 2.06. The third-order valence-electron chi connectivity index (χ3n) is 3.85. The van der Waals surface area contributed by atoms with Crippen molar-refractivity contribution in [1.29, 1.82) is 0 Å². The zero-order chi connectivity index (χ0) is 12.7. The molecule has 1 N–H and O–H groups in total. The highest BCUT2D eigenvalue weighted by atomic mass is 16.5. The van der Waals surface area contributed by atoms with Crippen LogP contribution in [0.15, 0.2) is 18.2 Å². The molecule has 0 amide bonds. The first kappa shape index (κ1) is 11.5. The minimum atomic E-state index is -0.860. The number of fused-ring (bicyclic) bond motifs is 2. The molecule has 1 aromatic rings. The fourth-order valence-electron chi connectivity index (χ4n) is 2.91. The van der Waals surface area contributed by atoms with Crippen molar-refractivity contribution in [2.75, 3.05) is 18.0 Å². The van der Waals surface area contributed by atoms with Gasteiger partial charge in [0.05, 0.1) is 17.8 Å². The summed E-state index contributed by atoms with van der Waals surface area (Å²) in [6.45, 7) is 3.69. The minimum absolute atomic E-state index is 0.350. The molecule has 4 heteroatoms. The molecule has 0 aromatic heterocycles. The highest BCUT2D eigenvalue weighted by Gasteiger charge is 2.33. The number of nitrogens with zero attached hydrogens (tertiary/aromatic N) is 1. The number of morpholine rings is 1. The normalized spacial score (nSPS) is 26.4. The van der Waals surface area contributed by atoms with Crippen molar-refractivity contribution in [3.05, 3.63) is 29.3 Å². The van der Waals surface area contributed by atoms with Crippen LogP contribution in [0.4, 0.5) is 5.69 Å². The number of aromatic carboxylic acids is 1. The highest BCUT2D eigenvalue weighted by Crippen LogP contribution is 2.30. The first-order valence-electron chi connectivity index (χ1n) is 6.38. The maximum Gasteiger partial charge on any atom is 0.335 e. The summed E-state index contributed by atoms with van der Waals surface area (Å²) < 4.78 is 5.81. The summed E-state index contributed by atoms with van der Waals surface area (Å²) in [4.78, 5) is 13.3. The van der Waals surface area contributed by atoms with E-state index in [1.807, 2.05) is 19.1 Å². The summed E-state index contributed by atoms with van der Waals surface area (Å²) in [6.07, 6.45) is 2.99. The number of anilines is 1. The molecule has 0 spiro atoms. The van der Waals surface area contributed by atoms with Gasteiger partial charge in [0.2, 0.25) is 0 Å². The van der Waals surface area contributed by atoms with Crippen LogP contribution in [-0.2, 0) is 4.74 Å². The van der Waals surface area contributed by atoms with E-state index in [4.69, 9.17) is 9.84 Å². The second-order valence-corrected chi connectivity index (χ2v) is 5.17. The third kappa shape index (κ3) is 1.97. The monoisotopic (exact) mass is 247 g/mol. The van der Waals surface area contributed by atoms with Crippen LogP contribution in [-0.4, -0.2) is 36.4 Å². The molecule has 2 saturated heterocycles. The Kier molecular flexibility index (Phi) is 2.74. The fraction of sp³-hybridized carbons (Fsp3) is 0.500. The molecule has 1 aromatic carbocycles. The minimum Gasteiger partial charge on any atom is -0.478 e. The molecule has 0 radical (unpaired) electrons. The Hall–Kier alpha value is -1.55. The standard InChI is InChI=1S/C14H17NO3/c1-9-6-10(2-5-13(9)14(16)17)15-7-11-3-4-12(8-15)18-11/h2,5-6,11-12H,3-4,7-8H2,1H3,(H,16,17). The van der Waals surface area contributed by atoms with Crippen LogP contribution in [0.25, 0.3) is 0 Å². The van der Waals surface area contributed by atoms with E-state index in [0.29, 0.717) is 17.8 Å². The largest absolute Gasteiger partial charge is 0.478 e. The second kappa shape index (κ2) is 4.28. The highest BCUT2D eigenvalue weighted by molar-refractivity contribution is 5.89. The van der Waals surface area contributed by atoms with Gasteiger partial charge >= 0.3 is 5.97 Å². The Balaban J connectivity index is 1.84. The van der Waals surface area contributed by atoms with Crippen LogP contribution >= 0.6 is 0 Å². The SMILES string of the molecule is Cc1cc(N2CC3CCC(C2)O3)ccc1C(=O)O. The smallest absolute Gasteiger partial charge is 0.335 e. The molecule has 2 bridgehead atoms.